The summed E-state index contributed by atoms with van der Waals surface area (Å²) in [5.41, 5.74) is 1.68. The van der Waals surface area contributed by atoms with Crippen molar-refractivity contribution in [3.8, 4) is 11.3 Å². The molecule has 0 fully saturated rings. The van der Waals surface area contributed by atoms with Gasteiger partial charge in [0.25, 0.3) is 0 Å². The molecule has 0 atom stereocenters. The van der Waals surface area contributed by atoms with Crippen LogP contribution in [0.15, 0.2) is 36.5 Å². The summed E-state index contributed by atoms with van der Waals surface area (Å²) in [5.74, 6) is -0.419. The van der Waals surface area contributed by atoms with Gasteiger partial charge in [0, 0.05) is 11.8 Å². The molecule has 1 heterocycles. The normalized spacial score (nSPS) is 10.1. The number of nitrogens with zero attached hydrogens (tertiary/aromatic N) is 2. The van der Waals surface area contributed by atoms with Gasteiger partial charge in [-0.15, -0.1) is 0 Å². The molecule has 0 saturated carbocycles. The number of ether oxygens (including phenoxy) is 1. The Balaban J connectivity index is 2.28. The highest BCUT2D eigenvalue weighted by atomic mass is 16.5. The van der Waals surface area contributed by atoms with E-state index in [2.05, 4.69) is 9.84 Å². The second-order valence-corrected chi connectivity index (χ2v) is 3.50. The smallest absolute Gasteiger partial charge is 0.432 e. The molecule has 6 heteroatoms. The average Bonchev–Trinajstić information content (AvgIpc) is 2.88. The monoisotopic (exact) mass is 246 g/mol. The molecule has 0 aliphatic carbocycles. The average molecular weight is 246 g/mol. The van der Waals surface area contributed by atoms with Crippen LogP contribution in [0, 0.1) is 0 Å². The summed E-state index contributed by atoms with van der Waals surface area (Å²) in [5, 5.41) is 12.6. The zero-order valence-electron chi connectivity index (χ0n) is 9.53. The Morgan fingerprint density at radius 1 is 1.22 bits per heavy atom. The number of hydrogen-bond donors (Lipinski definition) is 1. The van der Waals surface area contributed by atoms with Crippen LogP contribution in [-0.2, 0) is 4.74 Å². The molecular formula is C12H10N2O4. The van der Waals surface area contributed by atoms with Crippen molar-refractivity contribution in [1.29, 1.82) is 0 Å². The van der Waals surface area contributed by atoms with E-state index in [9.17, 15) is 9.59 Å². The number of carbonyl (C=O) groups excluding carboxylic acids is 1. The summed E-state index contributed by atoms with van der Waals surface area (Å²) in [6.45, 7) is 0. The van der Waals surface area contributed by atoms with Gasteiger partial charge in [-0.3, -0.25) is 0 Å². The van der Waals surface area contributed by atoms with Crippen molar-refractivity contribution in [3.05, 3.63) is 42.1 Å². The fourth-order valence-corrected chi connectivity index (χ4v) is 1.48. The third-order valence-corrected chi connectivity index (χ3v) is 2.39. The molecule has 0 aliphatic heterocycles. The first kappa shape index (κ1) is 11.8. The van der Waals surface area contributed by atoms with Gasteiger partial charge in [-0.1, -0.05) is 12.1 Å². The van der Waals surface area contributed by atoms with Gasteiger partial charge in [0.15, 0.2) is 0 Å². The fourth-order valence-electron chi connectivity index (χ4n) is 1.48. The van der Waals surface area contributed by atoms with Gasteiger partial charge in [-0.25, -0.2) is 9.59 Å². The molecule has 0 amide bonds. The predicted octanol–water partition coefficient (Wildman–Crippen LogP) is 1.86. The van der Waals surface area contributed by atoms with Crippen LogP contribution in [0.1, 0.15) is 10.4 Å². The first-order chi connectivity index (χ1) is 8.61. The van der Waals surface area contributed by atoms with Crippen molar-refractivity contribution in [1.82, 2.24) is 9.78 Å². The van der Waals surface area contributed by atoms with Gasteiger partial charge >= 0.3 is 12.1 Å². The number of aromatic nitrogens is 2. The molecule has 2 rings (SSSR count). The lowest BCUT2D eigenvalue weighted by atomic mass is 10.1. The molecule has 92 valence electrons. The van der Waals surface area contributed by atoms with Gasteiger partial charge in [0.1, 0.15) is 0 Å². The highest BCUT2D eigenvalue weighted by Crippen LogP contribution is 2.17. The summed E-state index contributed by atoms with van der Waals surface area (Å²) in [7, 11) is 1.31. The molecule has 0 bridgehead atoms. The highest BCUT2D eigenvalue weighted by molar-refractivity contribution is 5.89. The number of carbonyl (C=O) groups is 2. The van der Waals surface area contributed by atoms with Gasteiger partial charge in [-0.2, -0.15) is 9.78 Å². The van der Waals surface area contributed by atoms with E-state index in [4.69, 9.17) is 5.11 Å². The van der Waals surface area contributed by atoms with E-state index in [-0.39, 0.29) is 0 Å². The second kappa shape index (κ2) is 4.70. The minimum atomic E-state index is -1.15. The van der Waals surface area contributed by atoms with Gasteiger partial charge in [-0.05, 0) is 18.2 Å². The SMILES string of the molecule is COC(=O)c1ccc(-c2ccn(C(=O)O)n2)cc1. The van der Waals surface area contributed by atoms with Crippen molar-refractivity contribution < 1.29 is 19.4 Å². The van der Waals surface area contributed by atoms with E-state index >= 15 is 0 Å². The third-order valence-electron chi connectivity index (χ3n) is 2.39. The Labute approximate surface area is 102 Å². The van der Waals surface area contributed by atoms with Crippen LogP contribution < -0.4 is 0 Å². The predicted molar refractivity (Wildman–Crippen MR) is 62.4 cm³/mol. The Morgan fingerprint density at radius 2 is 1.89 bits per heavy atom. The lowest BCUT2D eigenvalue weighted by Crippen LogP contribution is -2.07. The molecule has 0 spiro atoms. The number of rotatable bonds is 2. The Kier molecular flexibility index (Phi) is 3.09. The van der Waals surface area contributed by atoms with E-state index in [1.807, 2.05) is 0 Å². The number of methoxy groups -OCH3 is 1. The first-order valence-corrected chi connectivity index (χ1v) is 5.09. The molecule has 0 radical (unpaired) electrons. The summed E-state index contributed by atoms with van der Waals surface area (Å²) in [6, 6.07) is 8.14. The fraction of sp³-hybridized carbons (Fsp3) is 0.0833. The molecule has 1 aromatic carbocycles. The summed E-state index contributed by atoms with van der Waals surface area (Å²) < 4.78 is 5.40. The quantitative estimate of drug-likeness (QED) is 0.818. The number of hydrogen-bond acceptors (Lipinski definition) is 4. The molecule has 18 heavy (non-hydrogen) atoms. The van der Waals surface area contributed by atoms with Crippen LogP contribution in [-0.4, -0.2) is 34.1 Å². The molecule has 6 nitrogen and oxygen atoms in total. The summed E-state index contributed by atoms with van der Waals surface area (Å²) in [6.07, 6.45) is 0.207. The zero-order chi connectivity index (χ0) is 13.1. The lowest BCUT2D eigenvalue weighted by Gasteiger charge is -2.00. The van der Waals surface area contributed by atoms with Gasteiger partial charge < -0.3 is 9.84 Å². The van der Waals surface area contributed by atoms with Crippen LogP contribution in [0.3, 0.4) is 0 Å². The standard InChI is InChI=1S/C12H10N2O4/c1-18-11(15)9-4-2-8(3-5-9)10-6-7-14(13-10)12(16)17/h2-7H,1H3,(H,16,17). The lowest BCUT2D eigenvalue weighted by molar-refractivity contribution is 0.0600. The largest absolute Gasteiger partial charge is 0.465 e. The van der Waals surface area contributed by atoms with Crippen LogP contribution in [0.4, 0.5) is 4.79 Å². The molecule has 1 N–H and O–H groups in total. The molecule has 1 aromatic heterocycles. The summed E-state index contributed by atoms with van der Waals surface area (Å²) in [4.78, 5) is 21.9. The molecule has 2 aromatic rings. The van der Waals surface area contributed by atoms with Crippen LogP contribution in [0.5, 0.6) is 0 Å². The Morgan fingerprint density at radius 3 is 2.39 bits per heavy atom. The van der Waals surface area contributed by atoms with Crippen LogP contribution >= 0.6 is 0 Å². The summed E-state index contributed by atoms with van der Waals surface area (Å²) >= 11 is 0. The Bertz CT molecular complexity index is 586. The number of carboxylic acid groups (broad SMARTS) is 1. The number of benzene rings is 1. The first-order valence-electron chi connectivity index (χ1n) is 5.09. The van der Waals surface area contributed by atoms with E-state index in [1.54, 1.807) is 30.3 Å². The van der Waals surface area contributed by atoms with E-state index < -0.39 is 12.1 Å². The maximum absolute atomic E-state index is 11.2. The molecule has 0 unspecified atom stereocenters. The van der Waals surface area contributed by atoms with Crippen LogP contribution in [0.25, 0.3) is 11.3 Å². The molecule has 0 saturated heterocycles. The van der Waals surface area contributed by atoms with Crippen LogP contribution in [0.2, 0.25) is 0 Å². The van der Waals surface area contributed by atoms with Crippen molar-refractivity contribution in [2.75, 3.05) is 7.11 Å². The van der Waals surface area contributed by atoms with Crippen molar-refractivity contribution >= 4 is 12.1 Å². The van der Waals surface area contributed by atoms with Gasteiger partial charge in [0.2, 0.25) is 0 Å². The van der Waals surface area contributed by atoms with E-state index in [0.29, 0.717) is 11.3 Å². The zero-order valence-corrected chi connectivity index (χ0v) is 9.53. The number of esters is 1. The minimum Gasteiger partial charge on any atom is -0.465 e. The maximum Gasteiger partial charge on any atom is 0.432 e. The topological polar surface area (TPSA) is 81.4 Å². The molecular weight excluding hydrogens is 236 g/mol. The highest BCUT2D eigenvalue weighted by Gasteiger charge is 2.08. The third kappa shape index (κ3) is 2.22. The van der Waals surface area contributed by atoms with Crippen molar-refractivity contribution in [3.63, 3.8) is 0 Å². The minimum absolute atomic E-state index is 0.419. The van der Waals surface area contributed by atoms with E-state index in [0.717, 1.165) is 10.2 Å². The second-order valence-electron chi connectivity index (χ2n) is 3.50. The molecule has 0 aliphatic rings. The van der Waals surface area contributed by atoms with Gasteiger partial charge in [0.05, 0.1) is 18.4 Å². The Hall–Kier alpha value is -2.63. The van der Waals surface area contributed by atoms with Crippen molar-refractivity contribution in [2.45, 2.75) is 0 Å². The van der Waals surface area contributed by atoms with E-state index in [1.165, 1.54) is 13.3 Å². The van der Waals surface area contributed by atoms with Crippen molar-refractivity contribution in [2.24, 2.45) is 0 Å². The maximum atomic E-state index is 11.2.